The first-order valence-corrected chi connectivity index (χ1v) is 5.35. The first-order valence-electron chi connectivity index (χ1n) is 5.35. The van der Waals surface area contributed by atoms with Gasteiger partial charge >= 0.3 is 0 Å². The lowest BCUT2D eigenvalue weighted by molar-refractivity contribution is 0.915. The number of anilines is 1. The predicted molar refractivity (Wildman–Crippen MR) is 63.2 cm³/mol. The van der Waals surface area contributed by atoms with Gasteiger partial charge in [0.2, 0.25) is 0 Å². The lowest BCUT2D eigenvalue weighted by Gasteiger charge is -2.02. The first-order chi connectivity index (χ1) is 7.88. The number of nitrogens with one attached hydrogen (secondary N) is 1. The van der Waals surface area contributed by atoms with Gasteiger partial charge in [0.15, 0.2) is 0 Å². The molecule has 1 N–H and O–H groups in total. The van der Waals surface area contributed by atoms with Gasteiger partial charge < -0.3 is 5.32 Å². The van der Waals surface area contributed by atoms with Crippen LogP contribution in [0.1, 0.15) is 18.3 Å². The van der Waals surface area contributed by atoms with E-state index < -0.39 is 0 Å². The Balaban J connectivity index is 2.05. The monoisotopic (exact) mass is 214 g/mol. The highest BCUT2D eigenvalue weighted by Crippen LogP contribution is 2.06. The summed E-state index contributed by atoms with van der Waals surface area (Å²) in [6, 6.07) is 9.78. The van der Waals surface area contributed by atoms with E-state index in [9.17, 15) is 0 Å². The van der Waals surface area contributed by atoms with Crippen LogP contribution < -0.4 is 5.32 Å². The summed E-state index contributed by atoms with van der Waals surface area (Å²) >= 11 is 0. The van der Waals surface area contributed by atoms with E-state index in [1.807, 2.05) is 37.3 Å². The molecule has 0 saturated heterocycles. The molecule has 0 amide bonds. The van der Waals surface area contributed by atoms with Gasteiger partial charge in [-0.1, -0.05) is 6.07 Å². The quantitative estimate of drug-likeness (QED) is 0.844. The maximum absolute atomic E-state index is 4.25. The molecular formula is C12H14N4. The van der Waals surface area contributed by atoms with Crippen LogP contribution in [0.2, 0.25) is 0 Å². The summed E-state index contributed by atoms with van der Waals surface area (Å²) in [5, 5.41) is 11.3. The van der Waals surface area contributed by atoms with E-state index in [4.69, 9.17) is 0 Å². The van der Waals surface area contributed by atoms with Crippen molar-refractivity contribution in [1.82, 2.24) is 15.2 Å². The minimum absolute atomic E-state index is 0.722. The molecule has 0 spiro atoms. The molecule has 82 valence electrons. The molecule has 0 aliphatic rings. The summed E-state index contributed by atoms with van der Waals surface area (Å²) < 4.78 is 0. The molecule has 0 bridgehead atoms. The third-order valence-corrected chi connectivity index (χ3v) is 2.17. The Kier molecular flexibility index (Phi) is 3.43. The number of rotatable bonds is 4. The van der Waals surface area contributed by atoms with E-state index in [0.29, 0.717) is 0 Å². The van der Waals surface area contributed by atoms with Crippen LogP contribution in [0, 0.1) is 0 Å². The summed E-state index contributed by atoms with van der Waals surface area (Å²) in [6.45, 7) is 2.89. The van der Waals surface area contributed by atoms with Crippen molar-refractivity contribution in [1.29, 1.82) is 0 Å². The van der Waals surface area contributed by atoms with Crippen LogP contribution in [0.25, 0.3) is 0 Å². The zero-order valence-electron chi connectivity index (χ0n) is 9.22. The highest BCUT2D eigenvalue weighted by Gasteiger charge is 1.99. The Hall–Kier alpha value is -1.97. The van der Waals surface area contributed by atoms with E-state index in [-0.39, 0.29) is 0 Å². The van der Waals surface area contributed by atoms with E-state index in [2.05, 4.69) is 20.5 Å². The normalized spacial score (nSPS) is 10.1. The third kappa shape index (κ3) is 2.76. The minimum atomic E-state index is 0.722. The molecule has 2 aromatic rings. The van der Waals surface area contributed by atoms with Gasteiger partial charge in [0.1, 0.15) is 5.82 Å². The molecule has 16 heavy (non-hydrogen) atoms. The third-order valence-electron chi connectivity index (χ3n) is 2.17. The second-order valence-corrected chi connectivity index (χ2v) is 3.44. The molecule has 2 heterocycles. The van der Waals surface area contributed by atoms with Gasteiger partial charge in [-0.05, 0) is 31.2 Å². The van der Waals surface area contributed by atoms with Crippen LogP contribution in [-0.2, 0) is 6.42 Å². The fourth-order valence-corrected chi connectivity index (χ4v) is 1.42. The summed E-state index contributed by atoms with van der Waals surface area (Å²) in [6.07, 6.45) is 2.51. The predicted octanol–water partition coefficient (Wildman–Crippen LogP) is 1.89. The minimum Gasteiger partial charge on any atom is -0.369 e. The van der Waals surface area contributed by atoms with Gasteiger partial charge in [-0.2, -0.15) is 5.10 Å². The second-order valence-electron chi connectivity index (χ2n) is 3.44. The number of hydrogen-bond donors (Lipinski definition) is 1. The summed E-state index contributed by atoms with van der Waals surface area (Å²) in [5.41, 5.74) is 1.94. The Morgan fingerprint density at radius 2 is 2.00 bits per heavy atom. The molecule has 2 aromatic heterocycles. The van der Waals surface area contributed by atoms with Crippen molar-refractivity contribution in [3.63, 3.8) is 0 Å². The molecule has 0 fully saturated rings. The summed E-state index contributed by atoms with van der Waals surface area (Å²) in [4.78, 5) is 4.25. The van der Waals surface area contributed by atoms with Crippen LogP contribution in [0.5, 0.6) is 0 Å². The van der Waals surface area contributed by atoms with Gasteiger partial charge in [0, 0.05) is 24.9 Å². The van der Waals surface area contributed by atoms with E-state index in [1.54, 1.807) is 6.20 Å². The molecule has 0 aliphatic carbocycles. The van der Waals surface area contributed by atoms with E-state index >= 15 is 0 Å². The molecule has 4 nitrogen and oxygen atoms in total. The molecule has 0 aliphatic heterocycles. The van der Waals surface area contributed by atoms with E-state index in [0.717, 1.165) is 30.2 Å². The fourth-order valence-electron chi connectivity index (χ4n) is 1.42. The average molecular weight is 214 g/mol. The molecule has 2 rings (SSSR count). The zero-order chi connectivity index (χ0) is 11.2. The van der Waals surface area contributed by atoms with Gasteiger partial charge in [0.25, 0.3) is 0 Å². The highest BCUT2D eigenvalue weighted by molar-refractivity contribution is 5.33. The smallest absolute Gasteiger partial charge is 0.148 e. The van der Waals surface area contributed by atoms with Gasteiger partial charge in [-0.3, -0.25) is 4.98 Å². The maximum atomic E-state index is 4.25. The number of aromatic nitrogens is 3. The van der Waals surface area contributed by atoms with Crippen LogP contribution >= 0.6 is 0 Å². The van der Waals surface area contributed by atoms with Crippen LogP contribution in [-0.4, -0.2) is 21.7 Å². The molecule has 0 aromatic carbocycles. The number of nitrogens with zero attached hydrogens (tertiary/aromatic N) is 3. The van der Waals surface area contributed by atoms with Crippen molar-refractivity contribution in [2.75, 3.05) is 11.9 Å². The largest absolute Gasteiger partial charge is 0.369 e. The van der Waals surface area contributed by atoms with E-state index in [1.165, 1.54) is 0 Å². The van der Waals surface area contributed by atoms with Crippen LogP contribution in [0.4, 0.5) is 5.82 Å². The first kappa shape index (κ1) is 10.5. The van der Waals surface area contributed by atoms with Gasteiger partial charge in [0.05, 0.1) is 5.69 Å². The standard InChI is InChI=1S/C12H14N4/c1-2-13-12-7-6-11(15-16-12)9-10-5-3-4-8-14-10/h3-8H,2,9H2,1H3,(H,13,16). The van der Waals surface area contributed by atoms with Crippen molar-refractivity contribution in [2.24, 2.45) is 0 Å². The molecule has 0 unspecified atom stereocenters. The van der Waals surface area contributed by atoms with Crippen molar-refractivity contribution in [3.05, 3.63) is 47.9 Å². The maximum Gasteiger partial charge on any atom is 0.148 e. The van der Waals surface area contributed by atoms with Gasteiger partial charge in [-0.25, -0.2) is 0 Å². The average Bonchev–Trinajstić information content (AvgIpc) is 2.33. The molecule has 4 heteroatoms. The zero-order valence-corrected chi connectivity index (χ0v) is 9.22. The Morgan fingerprint density at radius 1 is 1.06 bits per heavy atom. The van der Waals surface area contributed by atoms with Crippen molar-refractivity contribution >= 4 is 5.82 Å². The van der Waals surface area contributed by atoms with Crippen molar-refractivity contribution in [2.45, 2.75) is 13.3 Å². The van der Waals surface area contributed by atoms with Crippen molar-refractivity contribution in [3.8, 4) is 0 Å². The Morgan fingerprint density at radius 3 is 2.62 bits per heavy atom. The summed E-state index contributed by atoms with van der Waals surface area (Å²) in [5.74, 6) is 0.812. The van der Waals surface area contributed by atoms with Gasteiger partial charge in [-0.15, -0.1) is 5.10 Å². The summed E-state index contributed by atoms with van der Waals surface area (Å²) in [7, 11) is 0. The van der Waals surface area contributed by atoms with Crippen LogP contribution in [0.3, 0.4) is 0 Å². The van der Waals surface area contributed by atoms with Crippen LogP contribution in [0.15, 0.2) is 36.5 Å². The Bertz CT molecular complexity index is 425. The lowest BCUT2D eigenvalue weighted by atomic mass is 10.2. The van der Waals surface area contributed by atoms with Crippen molar-refractivity contribution < 1.29 is 0 Å². The highest BCUT2D eigenvalue weighted by atomic mass is 15.2. The fraction of sp³-hybridized carbons (Fsp3) is 0.250. The Labute approximate surface area is 94.8 Å². The number of pyridine rings is 1. The molecule has 0 radical (unpaired) electrons. The lowest BCUT2D eigenvalue weighted by Crippen LogP contribution is -2.02. The SMILES string of the molecule is CCNc1ccc(Cc2ccccn2)nn1. The molecule has 0 saturated carbocycles. The number of hydrogen-bond acceptors (Lipinski definition) is 4. The molecule has 0 atom stereocenters. The molecular weight excluding hydrogens is 200 g/mol. The topological polar surface area (TPSA) is 50.7 Å². The second kappa shape index (κ2) is 5.21.